The lowest BCUT2D eigenvalue weighted by atomic mass is 9.94. The topological polar surface area (TPSA) is 81.7 Å². The van der Waals surface area contributed by atoms with Gasteiger partial charge in [0.1, 0.15) is 0 Å². The number of carbonyl (C=O) groups excluding carboxylic acids is 2. The van der Waals surface area contributed by atoms with Crippen LogP contribution < -0.4 is 15.5 Å². The van der Waals surface area contributed by atoms with Crippen LogP contribution >= 0.6 is 23.2 Å². The van der Waals surface area contributed by atoms with Crippen LogP contribution in [0.4, 0.5) is 16.2 Å². The average Bonchev–Trinajstić information content (AvgIpc) is 2.57. The first-order valence-electron chi connectivity index (χ1n) is 7.94. The van der Waals surface area contributed by atoms with Crippen LogP contribution in [0.3, 0.4) is 0 Å². The van der Waals surface area contributed by atoms with E-state index in [1.165, 1.54) is 18.2 Å². The number of halogens is 2. The van der Waals surface area contributed by atoms with E-state index in [4.69, 9.17) is 23.2 Å². The third-order valence-corrected chi connectivity index (χ3v) is 4.71. The Morgan fingerprint density at radius 1 is 1.19 bits per heavy atom. The molecule has 8 heteroatoms. The zero-order valence-corrected chi connectivity index (χ0v) is 15.6. The van der Waals surface area contributed by atoms with Crippen LogP contribution in [0.15, 0.2) is 42.5 Å². The highest BCUT2D eigenvalue weighted by atomic mass is 35.5. The molecule has 2 aromatic carbocycles. The molecule has 0 aromatic heterocycles. The SMILES string of the molecule is CC(C)NC(=O)[C@@]1(O)c2ccccc2NC(=O)N1c1ccc(Cl)c(Cl)c1. The van der Waals surface area contributed by atoms with Crippen molar-refractivity contribution >= 4 is 46.5 Å². The first-order valence-corrected chi connectivity index (χ1v) is 8.70. The minimum absolute atomic E-state index is 0.197. The van der Waals surface area contributed by atoms with Gasteiger partial charge >= 0.3 is 6.03 Å². The van der Waals surface area contributed by atoms with E-state index in [1.807, 2.05) is 0 Å². The van der Waals surface area contributed by atoms with E-state index < -0.39 is 17.7 Å². The van der Waals surface area contributed by atoms with E-state index >= 15 is 0 Å². The largest absolute Gasteiger partial charge is 0.359 e. The van der Waals surface area contributed by atoms with Crippen LogP contribution in [0.1, 0.15) is 19.4 Å². The van der Waals surface area contributed by atoms with E-state index in [1.54, 1.807) is 38.1 Å². The highest BCUT2D eigenvalue weighted by Crippen LogP contribution is 2.41. The zero-order valence-electron chi connectivity index (χ0n) is 14.1. The molecule has 0 spiro atoms. The molecule has 0 saturated heterocycles. The number of urea groups is 1. The third-order valence-electron chi connectivity index (χ3n) is 3.97. The summed E-state index contributed by atoms with van der Waals surface area (Å²) < 4.78 is 0. The van der Waals surface area contributed by atoms with Crippen molar-refractivity contribution in [2.24, 2.45) is 0 Å². The van der Waals surface area contributed by atoms with Gasteiger partial charge < -0.3 is 15.7 Å². The van der Waals surface area contributed by atoms with Crippen LogP contribution in [0, 0.1) is 0 Å². The summed E-state index contributed by atoms with van der Waals surface area (Å²) in [4.78, 5) is 26.7. The second kappa shape index (κ2) is 6.79. The highest BCUT2D eigenvalue weighted by Gasteiger charge is 2.52. The van der Waals surface area contributed by atoms with Crippen LogP contribution in [0.5, 0.6) is 0 Å². The van der Waals surface area contributed by atoms with Crippen LogP contribution in [-0.4, -0.2) is 23.1 Å². The molecule has 0 unspecified atom stereocenters. The van der Waals surface area contributed by atoms with Crippen molar-refractivity contribution in [3.63, 3.8) is 0 Å². The van der Waals surface area contributed by atoms with Crippen molar-refractivity contribution < 1.29 is 14.7 Å². The Balaban J connectivity index is 2.21. The maximum atomic E-state index is 12.9. The lowest BCUT2D eigenvalue weighted by Gasteiger charge is -2.43. The number of hydrogen-bond donors (Lipinski definition) is 3. The fourth-order valence-electron chi connectivity index (χ4n) is 2.85. The minimum Gasteiger partial charge on any atom is -0.359 e. The second-order valence-corrected chi connectivity index (χ2v) is 7.02. The molecule has 3 rings (SSSR count). The molecule has 136 valence electrons. The monoisotopic (exact) mass is 393 g/mol. The third kappa shape index (κ3) is 3.00. The number of aliphatic hydroxyl groups is 1. The smallest absolute Gasteiger partial charge is 0.329 e. The predicted octanol–water partition coefficient (Wildman–Crippen LogP) is 3.72. The Kier molecular flexibility index (Phi) is 4.84. The number of fused-ring (bicyclic) bond motifs is 1. The summed E-state index contributed by atoms with van der Waals surface area (Å²) in [6.07, 6.45) is 0. The van der Waals surface area contributed by atoms with E-state index in [-0.39, 0.29) is 22.3 Å². The van der Waals surface area contributed by atoms with Crippen LogP contribution in [0.2, 0.25) is 10.0 Å². The Morgan fingerprint density at radius 2 is 1.88 bits per heavy atom. The fraction of sp³-hybridized carbons (Fsp3) is 0.222. The molecule has 1 atom stereocenters. The maximum Gasteiger partial charge on any atom is 0.329 e. The van der Waals surface area contributed by atoms with Crippen molar-refractivity contribution in [3.8, 4) is 0 Å². The van der Waals surface area contributed by atoms with Crippen LogP contribution in [-0.2, 0) is 10.5 Å². The Morgan fingerprint density at radius 3 is 2.54 bits per heavy atom. The summed E-state index contributed by atoms with van der Waals surface area (Å²) in [5, 5.41) is 17.3. The fourth-order valence-corrected chi connectivity index (χ4v) is 3.14. The molecule has 2 aromatic rings. The molecule has 0 fully saturated rings. The summed E-state index contributed by atoms with van der Waals surface area (Å²) in [7, 11) is 0. The summed E-state index contributed by atoms with van der Waals surface area (Å²) in [6.45, 7) is 3.53. The number of rotatable bonds is 3. The standard InChI is InChI=1S/C18H17Cl2N3O3/c1-10(2)21-16(24)18(26)12-5-3-4-6-15(12)22-17(25)23(18)11-7-8-13(19)14(20)9-11/h3-10,26H,1-2H3,(H,21,24)(H,22,25)/t18-/m0/s1. The van der Waals surface area contributed by atoms with Gasteiger partial charge in [0.15, 0.2) is 0 Å². The molecular formula is C18H17Cl2N3O3. The van der Waals surface area contributed by atoms with Gasteiger partial charge in [0.05, 0.1) is 21.4 Å². The second-order valence-electron chi connectivity index (χ2n) is 6.21. The number of benzene rings is 2. The molecule has 0 radical (unpaired) electrons. The van der Waals surface area contributed by atoms with Gasteiger partial charge in [-0.25, -0.2) is 4.79 Å². The lowest BCUT2D eigenvalue weighted by Crippen LogP contribution is -2.63. The van der Waals surface area contributed by atoms with Gasteiger partial charge in [-0.3, -0.25) is 9.69 Å². The quantitative estimate of drug-likeness (QED) is 0.742. The first kappa shape index (κ1) is 18.5. The van der Waals surface area contributed by atoms with E-state index in [2.05, 4.69) is 10.6 Å². The van der Waals surface area contributed by atoms with E-state index in [9.17, 15) is 14.7 Å². The van der Waals surface area contributed by atoms with E-state index in [0.29, 0.717) is 10.7 Å². The number of para-hydroxylation sites is 1. The Labute approximate surface area is 160 Å². The number of carbonyl (C=O) groups is 2. The molecule has 6 nitrogen and oxygen atoms in total. The molecular weight excluding hydrogens is 377 g/mol. The maximum absolute atomic E-state index is 12.9. The summed E-state index contributed by atoms with van der Waals surface area (Å²) in [5.74, 6) is -0.721. The molecule has 3 N–H and O–H groups in total. The molecule has 0 aliphatic carbocycles. The minimum atomic E-state index is -2.25. The lowest BCUT2D eigenvalue weighted by molar-refractivity contribution is -0.140. The summed E-state index contributed by atoms with van der Waals surface area (Å²) in [5.41, 5.74) is -1.41. The number of anilines is 2. The molecule has 0 saturated carbocycles. The summed E-state index contributed by atoms with van der Waals surface area (Å²) >= 11 is 12.0. The number of hydrogen-bond acceptors (Lipinski definition) is 3. The van der Waals surface area contributed by atoms with Crippen molar-refractivity contribution in [3.05, 3.63) is 58.1 Å². The van der Waals surface area contributed by atoms with Crippen molar-refractivity contribution in [2.45, 2.75) is 25.6 Å². The Bertz CT molecular complexity index is 888. The van der Waals surface area contributed by atoms with Gasteiger partial charge in [-0.2, -0.15) is 0 Å². The predicted molar refractivity (Wildman–Crippen MR) is 102 cm³/mol. The van der Waals surface area contributed by atoms with Crippen molar-refractivity contribution in [1.29, 1.82) is 0 Å². The molecule has 1 aliphatic heterocycles. The normalized spacial score (nSPS) is 19.2. The number of nitrogens with one attached hydrogen (secondary N) is 2. The Hall–Kier alpha value is -2.28. The molecule has 26 heavy (non-hydrogen) atoms. The molecule has 3 amide bonds. The van der Waals surface area contributed by atoms with Crippen molar-refractivity contribution in [2.75, 3.05) is 10.2 Å². The van der Waals surface area contributed by atoms with Gasteiger partial charge in [0.25, 0.3) is 11.6 Å². The molecule has 1 aliphatic rings. The molecule has 1 heterocycles. The number of amides is 3. The van der Waals surface area contributed by atoms with Gasteiger partial charge in [-0.15, -0.1) is 0 Å². The van der Waals surface area contributed by atoms with E-state index in [0.717, 1.165) is 4.90 Å². The average molecular weight is 394 g/mol. The first-order chi connectivity index (χ1) is 12.2. The van der Waals surface area contributed by atoms with Crippen molar-refractivity contribution in [1.82, 2.24) is 5.32 Å². The van der Waals surface area contributed by atoms with Gasteiger partial charge in [-0.05, 0) is 38.1 Å². The molecule has 0 bridgehead atoms. The number of nitrogens with zero attached hydrogens (tertiary/aromatic N) is 1. The zero-order chi connectivity index (χ0) is 19.1. The van der Waals surface area contributed by atoms with Crippen LogP contribution in [0.25, 0.3) is 0 Å². The van der Waals surface area contributed by atoms with Gasteiger partial charge in [0.2, 0.25) is 0 Å². The van der Waals surface area contributed by atoms with Gasteiger partial charge in [-0.1, -0.05) is 41.4 Å². The highest BCUT2D eigenvalue weighted by molar-refractivity contribution is 6.42. The summed E-state index contributed by atoms with van der Waals surface area (Å²) in [6, 6.07) is 10.1. The van der Waals surface area contributed by atoms with Gasteiger partial charge in [0, 0.05) is 11.6 Å².